The number of phenolic OH excluding ortho intramolecular Hbond substituents is 1. The molecule has 36 heavy (non-hydrogen) atoms. The van der Waals surface area contributed by atoms with E-state index >= 15 is 0 Å². The van der Waals surface area contributed by atoms with Crippen molar-refractivity contribution in [2.45, 2.75) is 57.2 Å². The molecule has 8 nitrogen and oxygen atoms in total. The third-order valence-corrected chi connectivity index (χ3v) is 8.01. The number of phenols is 1. The lowest BCUT2D eigenvalue weighted by molar-refractivity contribution is -0.133. The molecule has 0 spiro atoms. The molecule has 1 aliphatic carbocycles. The number of imide groups is 1. The Balaban J connectivity index is 1.44. The van der Waals surface area contributed by atoms with Gasteiger partial charge in [-0.05, 0) is 68.1 Å². The molecule has 3 N–H and O–H groups in total. The fraction of sp³-hybridized carbons (Fsp3) is 0.429. The summed E-state index contributed by atoms with van der Waals surface area (Å²) in [6.07, 6.45) is 3.94. The Morgan fingerprint density at radius 3 is 2.75 bits per heavy atom. The number of fused-ring (bicyclic) bond motifs is 4. The third kappa shape index (κ3) is 3.46. The average Bonchev–Trinajstić information content (AvgIpc) is 3.26. The van der Waals surface area contributed by atoms with Gasteiger partial charge >= 0.3 is 6.03 Å². The van der Waals surface area contributed by atoms with Crippen LogP contribution in [0.3, 0.4) is 0 Å². The number of benzene rings is 2. The lowest BCUT2D eigenvalue weighted by Crippen LogP contribution is -2.53. The van der Waals surface area contributed by atoms with E-state index in [1.54, 1.807) is 23.1 Å². The molecular formula is C28H32N4O4. The number of aromatic amines is 1. The number of carbonyl (C=O) groups excluding carboxylic acids is 2. The Hall–Kier alpha value is -3.52. The van der Waals surface area contributed by atoms with E-state index in [0.29, 0.717) is 32.2 Å². The Morgan fingerprint density at radius 1 is 1.19 bits per heavy atom. The maximum Gasteiger partial charge on any atom is 0.328 e. The predicted molar refractivity (Wildman–Crippen MR) is 136 cm³/mol. The second kappa shape index (κ2) is 8.55. The predicted octanol–water partition coefficient (Wildman–Crippen LogP) is 4.08. The number of amides is 3. The molecular weight excluding hydrogens is 456 g/mol. The zero-order valence-corrected chi connectivity index (χ0v) is 20.7. The van der Waals surface area contributed by atoms with Gasteiger partial charge in [-0.25, -0.2) is 4.79 Å². The van der Waals surface area contributed by atoms with Crippen LogP contribution in [0.4, 0.5) is 4.79 Å². The topological polar surface area (TPSA) is 97.9 Å². The monoisotopic (exact) mass is 488 g/mol. The van der Waals surface area contributed by atoms with E-state index in [-0.39, 0.29) is 17.7 Å². The Morgan fingerprint density at radius 2 is 2.03 bits per heavy atom. The smallest absolute Gasteiger partial charge is 0.328 e. The highest BCUT2D eigenvalue weighted by Crippen LogP contribution is 2.49. The van der Waals surface area contributed by atoms with Crippen molar-refractivity contribution in [2.24, 2.45) is 0 Å². The highest BCUT2D eigenvalue weighted by molar-refractivity contribution is 6.08. The van der Waals surface area contributed by atoms with Crippen LogP contribution >= 0.6 is 0 Å². The molecule has 1 aromatic heterocycles. The second-order valence-corrected chi connectivity index (χ2v) is 10.3. The summed E-state index contributed by atoms with van der Waals surface area (Å²) in [5, 5.41) is 14.7. The summed E-state index contributed by atoms with van der Waals surface area (Å²) in [5.41, 5.74) is 2.54. The molecule has 6 rings (SSSR count). The zero-order chi connectivity index (χ0) is 25.0. The number of urea groups is 1. The first kappa shape index (κ1) is 22.9. The number of carbonyl (C=O) groups is 2. The highest BCUT2D eigenvalue weighted by atomic mass is 16.5. The molecule has 2 atom stereocenters. The number of H-pyrrole nitrogens is 1. The minimum absolute atomic E-state index is 0.121. The van der Waals surface area contributed by atoms with E-state index in [9.17, 15) is 14.7 Å². The molecule has 2 fully saturated rings. The summed E-state index contributed by atoms with van der Waals surface area (Å²) in [6.45, 7) is 5.32. The van der Waals surface area contributed by atoms with E-state index in [1.807, 2.05) is 38.1 Å². The number of rotatable bonds is 7. The average molecular weight is 489 g/mol. The van der Waals surface area contributed by atoms with Crippen molar-refractivity contribution in [1.29, 1.82) is 0 Å². The van der Waals surface area contributed by atoms with Gasteiger partial charge in [0.05, 0.1) is 6.61 Å². The van der Waals surface area contributed by atoms with Crippen LogP contribution in [0, 0.1) is 0 Å². The highest BCUT2D eigenvalue weighted by Gasteiger charge is 2.60. The molecule has 3 aliphatic rings. The van der Waals surface area contributed by atoms with Gasteiger partial charge in [0, 0.05) is 42.1 Å². The molecule has 8 heteroatoms. The molecule has 2 unspecified atom stereocenters. The SMILES string of the molecule is CCOc1ccc2[nH]c3c(c2c1)CC1(C)C(=O)N(CCNC2CCC2)C(=O)N1C3c1cccc(O)c1. The minimum Gasteiger partial charge on any atom is -0.508 e. The minimum atomic E-state index is -1.03. The van der Waals surface area contributed by atoms with Gasteiger partial charge in [-0.2, -0.15) is 0 Å². The van der Waals surface area contributed by atoms with Crippen molar-refractivity contribution >= 4 is 22.8 Å². The molecule has 1 saturated carbocycles. The van der Waals surface area contributed by atoms with Gasteiger partial charge in [0.2, 0.25) is 0 Å². The first-order chi connectivity index (χ1) is 17.4. The third-order valence-electron chi connectivity index (χ3n) is 8.01. The Kier molecular flexibility index (Phi) is 5.44. The molecule has 3 heterocycles. The van der Waals surface area contributed by atoms with Crippen molar-refractivity contribution in [3.05, 3.63) is 59.3 Å². The first-order valence-corrected chi connectivity index (χ1v) is 12.9. The number of aromatic nitrogens is 1. The van der Waals surface area contributed by atoms with E-state index < -0.39 is 11.6 Å². The van der Waals surface area contributed by atoms with Gasteiger partial charge in [0.1, 0.15) is 23.1 Å². The van der Waals surface area contributed by atoms with Crippen molar-refractivity contribution < 1.29 is 19.4 Å². The molecule has 2 aliphatic heterocycles. The molecule has 1 saturated heterocycles. The molecule has 3 amide bonds. The van der Waals surface area contributed by atoms with Crippen LogP contribution in [-0.2, 0) is 11.2 Å². The normalized spacial score (nSPS) is 23.7. The number of hydrogen-bond acceptors (Lipinski definition) is 5. The fourth-order valence-corrected chi connectivity index (χ4v) is 5.98. The van der Waals surface area contributed by atoms with Crippen molar-refractivity contribution in [1.82, 2.24) is 20.1 Å². The van der Waals surface area contributed by atoms with E-state index in [4.69, 9.17) is 4.74 Å². The summed E-state index contributed by atoms with van der Waals surface area (Å²) in [7, 11) is 0. The second-order valence-electron chi connectivity index (χ2n) is 10.3. The van der Waals surface area contributed by atoms with Gasteiger partial charge in [0.15, 0.2) is 0 Å². The quantitative estimate of drug-likeness (QED) is 0.436. The Bertz CT molecular complexity index is 1350. The molecule has 2 aromatic carbocycles. The van der Waals surface area contributed by atoms with Gasteiger partial charge in [-0.1, -0.05) is 18.6 Å². The largest absolute Gasteiger partial charge is 0.508 e. The van der Waals surface area contributed by atoms with Crippen molar-refractivity contribution in [3.8, 4) is 11.5 Å². The zero-order valence-electron chi connectivity index (χ0n) is 20.7. The van der Waals surface area contributed by atoms with Gasteiger partial charge in [-0.3, -0.25) is 14.6 Å². The maximum atomic E-state index is 13.9. The lowest BCUT2D eigenvalue weighted by atomic mass is 9.81. The number of ether oxygens (including phenoxy) is 1. The van der Waals surface area contributed by atoms with Gasteiger partial charge in [-0.15, -0.1) is 0 Å². The molecule has 188 valence electrons. The summed E-state index contributed by atoms with van der Waals surface area (Å²) >= 11 is 0. The van der Waals surface area contributed by atoms with Crippen LogP contribution < -0.4 is 10.1 Å². The number of nitrogens with one attached hydrogen (secondary N) is 2. The summed E-state index contributed by atoms with van der Waals surface area (Å²) in [5.74, 6) is 0.718. The molecule has 0 radical (unpaired) electrons. The van der Waals surface area contributed by atoms with Crippen LogP contribution in [-0.4, -0.2) is 63.1 Å². The van der Waals surface area contributed by atoms with Gasteiger partial charge in [0.25, 0.3) is 5.91 Å². The summed E-state index contributed by atoms with van der Waals surface area (Å²) in [4.78, 5) is 34.4. The number of aromatic hydroxyl groups is 1. The van der Waals surface area contributed by atoms with Crippen LogP contribution in [0.1, 0.15) is 56.0 Å². The molecule has 0 bridgehead atoms. The Labute approximate surface area is 210 Å². The van der Waals surface area contributed by atoms with Crippen LogP contribution in [0.25, 0.3) is 10.9 Å². The standard InChI is InChI=1S/C28H32N4O4/c1-3-36-20-10-11-23-21(15-20)22-16-28(2)26(34)31(13-12-29-18-7-5-8-18)27(35)32(28)25(24(22)30-23)17-6-4-9-19(33)14-17/h4,6,9-11,14-15,18,25,29-30,33H,3,5,7-8,12-13,16H2,1-2H3. The van der Waals surface area contributed by atoms with Crippen LogP contribution in [0.5, 0.6) is 11.5 Å². The van der Waals surface area contributed by atoms with E-state index in [0.717, 1.165) is 46.3 Å². The van der Waals surface area contributed by atoms with E-state index in [2.05, 4.69) is 10.3 Å². The fourth-order valence-electron chi connectivity index (χ4n) is 5.98. The lowest BCUT2D eigenvalue weighted by Gasteiger charge is -2.42. The van der Waals surface area contributed by atoms with Crippen molar-refractivity contribution in [2.75, 3.05) is 19.7 Å². The number of nitrogens with zero attached hydrogens (tertiary/aromatic N) is 2. The van der Waals surface area contributed by atoms with E-state index in [1.165, 1.54) is 11.3 Å². The van der Waals surface area contributed by atoms with Crippen LogP contribution in [0.2, 0.25) is 0 Å². The maximum absolute atomic E-state index is 13.9. The first-order valence-electron chi connectivity index (χ1n) is 12.9. The van der Waals surface area contributed by atoms with Crippen molar-refractivity contribution in [3.63, 3.8) is 0 Å². The number of hydrogen-bond donors (Lipinski definition) is 3. The van der Waals surface area contributed by atoms with Crippen LogP contribution in [0.15, 0.2) is 42.5 Å². The van der Waals surface area contributed by atoms with Gasteiger partial charge < -0.3 is 20.1 Å². The summed E-state index contributed by atoms with van der Waals surface area (Å²) < 4.78 is 5.75. The summed E-state index contributed by atoms with van der Waals surface area (Å²) in [6, 6.07) is 12.5. The molecule has 3 aromatic rings.